The van der Waals surface area contributed by atoms with Crippen molar-refractivity contribution in [1.82, 2.24) is 29.9 Å². The fourth-order valence-electron chi connectivity index (χ4n) is 2.17. The van der Waals surface area contributed by atoms with E-state index in [-0.39, 0.29) is 0 Å². The van der Waals surface area contributed by atoms with Crippen molar-refractivity contribution in [3.63, 3.8) is 0 Å². The molecule has 21 heavy (non-hydrogen) atoms. The van der Waals surface area contributed by atoms with Gasteiger partial charge in [0.2, 0.25) is 0 Å². The zero-order valence-corrected chi connectivity index (χ0v) is 12.3. The Morgan fingerprint density at radius 3 is 2.67 bits per heavy atom. The van der Waals surface area contributed by atoms with Crippen molar-refractivity contribution >= 4 is 5.82 Å². The lowest BCUT2D eigenvalue weighted by molar-refractivity contribution is 0.902. The Bertz CT molecular complexity index is 720. The molecule has 3 aromatic heterocycles. The number of hydrogen-bond acceptors (Lipinski definition) is 5. The molecule has 0 bridgehead atoms. The van der Waals surface area contributed by atoms with Crippen LogP contribution in [-0.2, 0) is 13.6 Å². The Hall–Kier alpha value is -2.70. The first-order valence-corrected chi connectivity index (χ1v) is 6.71. The minimum atomic E-state index is 0.671. The minimum absolute atomic E-state index is 0.671. The Kier molecular flexibility index (Phi) is 3.39. The minimum Gasteiger partial charge on any atom is -0.364 e. The van der Waals surface area contributed by atoms with Gasteiger partial charge in [0.15, 0.2) is 5.82 Å². The standard InChI is InChI=1S/C14H17N7/c1-9-11(10(2)18-17-9)8-16-13-5-4-12(19-20-13)14-15-6-7-21(14)3/h4-7H,8H2,1-3H3,(H,16,20)(H,17,18). The number of anilines is 1. The van der Waals surface area contributed by atoms with Crippen molar-refractivity contribution in [2.45, 2.75) is 20.4 Å². The molecular weight excluding hydrogens is 266 g/mol. The second-order valence-electron chi connectivity index (χ2n) is 4.93. The molecule has 108 valence electrons. The second-order valence-corrected chi connectivity index (χ2v) is 4.93. The molecule has 3 rings (SSSR count). The molecule has 0 spiro atoms. The lowest BCUT2D eigenvalue weighted by Crippen LogP contribution is -2.04. The van der Waals surface area contributed by atoms with Gasteiger partial charge >= 0.3 is 0 Å². The lowest BCUT2D eigenvalue weighted by atomic mass is 10.2. The van der Waals surface area contributed by atoms with Gasteiger partial charge < -0.3 is 9.88 Å². The number of nitrogens with one attached hydrogen (secondary N) is 2. The second kappa shape index (κ2) is 5.35. The molecule has 0 aliphatic carbocycles. The number of aryl methyl sites for hydroxylation is 3. The molecule has 0 amide bonds. The highest BCUT2D eigenvalue weighted by Gasteiger charge is 2.08. The van der Waals surface area contributed by atoms with Gasteiger partial charge in [0, 0.05) is 37.2 Å². The first-order valence-electron chi connectivity index (χ1n) is 6.71. The number of hydrogen-bond donors (Lipinski definition) is 2. The third kappa shape index (κ3) is 2.62. The van der Waals surface area contributed by atoms with Gasteiger partial charge in [-0.05, 0) is 26.0 Å². The topological polar surface area (TPSA) is 84.3 Å². The molecule has 3 aromatic rings. The van der Waals surface area contributed by atoms with Gasteiger partial charge in [0.05, 0.1) is 5.69 Å². The number of aromatic amines is 1. The molecule has 0 aliphatic heterocycles. The summed E-state index contributed by atoms with van der Waals surface area (Å²) in [5.74, 6) is 1.53. The van der Waals surface area contributed by atoms with E-state index in [0.717, 1.165) is 34.3 Å². The van der Waals surface area contributed by atoms with E-state index in [4.69, 9.17) is 0 Å². The SMILES string of the molecule is Cc1n[nH]c(C)c1CNc1ccc(-c2nccn2C)nn1. The molecule has 0 aromatic carbocycles. The van der Waals surface area contributed by atoms with Crippen molar-refractivity contribution < 1.29 is 0 Å². The van der Waals surface area contributed by atoms with Crippen molar-refractivity contribution in [3.8, 4) is 11.5 Å². The molecule has 0 saturated carbocycles. The number of nitrogens with zero attached hydrogens (tertiary/aromatic N) is 5. The average molecular weight is 283 g/mol. The van der Waals surface area contributed by atoms with Gasteiger partial charge in [-0.1, -0.05) is 0 Å². The van der Waals surface area contributed by atoms with Crippen LogP contribution in [0.2, 0.25) is 0 Å². The molecule has 0 atom stereocenters. The molecule has 2 N–H and O–H groups in total. The van der Waals surface area contributed by atoms with Crippen molar-refractivity contribution in [2.24, 2.45) is 7.05 Å². The van der Waals surface area contributed by atoms with Gasteiger partial charge in [-0.3, -0.25) is 5.10 Å². The molecule has 7 heteroatoms. The summed E-state index contributed by atoms with van der Waals surface area (Å²) in [6.45, 7) is 4.66. The maximum atomic E-state index is 4.25. The predicted octanol–water partition coefficient (Wildman–Crippen LogP) is 1.83. The summed E-state index contributed by atoms with van der Waals surface area (Å²) >= 11 is 0. The van der Waals surface area contributed by atoms with Gasteiger partial charge in [-0.25, -0.2) is 4.98 Å². The Balaban J connectivity index is 1.72. The number of aromatic nitrogens is 6. The van der Waals surface area contributed by atoms with Gasteiger partial charge in [-0.2, -0.15) is 5.10 Å². The molecule has 0 radical (unpaired) electrons. The van der Waals surface area contributed by atoms with Crippen molar-refractivity contribution in [1.29, 1.82) is 0 Å². The summed E-state index contributed by atoms with van der Waals surface area (Å²) in [5, 5.41) is 18.8. The van der Waals surface area contributed by atoms with Crippen LogP contribution >= 0.6 is 0 Å². The third-order valence-electron chi connectivity index (χ3n) is 3.44. The summed E-state index contributed by atoms with van der Waals surface area (Å²) < 4.78 is 1.91. The van der Waals surface area contributed by atoms with Gasteiger partial charge in [0.25, 0.3) is 0 Å². The maximum absolute atomic E-state index is 4.25. The maximum Gasteiger partial charge on any atom is 0.160 e. The van der Waals surface area contributed by atoms with Crippen LogP contribution in [0.4, 0.5) is 5.82 Å². The van der Waals surface area contributed by atoms with E-state index in [2.05, 4.69) is 30.7 Å². The van der Waals surface area contributed by atoms with Crippen molar-refractivity contribution in [3.05, 3.63) is 41.5 Å². The molecule has 0 unspecified atom stereocenters. The normalized spacial score (nSPS) is 10.8. The van der Waals surface area contributed by atoms with Crippen LogP contribution in [0, 0.1) is 13.8 Å². The first-order chi connectivity index (χ1) is 10.1. The summed E-state index contributed by atoms with van der Waals surface area (Å²) in [7, 11) is 1.93. The third-order valence-corrected chi connectivity index (χ3v) is 3.44. The quantitative estimate of drug-likeness (QED) is 0.763. The van der Waals surface area contributed by atoms with Crippen LogP contribution in [-0.4, -0.2) is 29.9 Å². The monoisotopic (exact) mass is 283 g/mol. The van der Waals surface area contributed by atoms with E-state index in [1.165, 1.54) is 0 Å². The highest BCUT2D eigenvalue weighted by Crippen LogP contribution is 2.15. The highest BCUT2D eigenvalue weighted by atomic mass is 15.2. The Morgan fingerprint density at radius 2 is 2.10 bits per heavy atom. The van der Waals surface area contributed by atoms with E-state index in [1.807, 2.05) is 43.8 Å². The fourth-order valence-corrected chi connectivity index (χ4v) is 2.17. The van der Waals surface area contributed by atoms with E-state index in [1.54, 1.807) is 6.20 Å². The average Bonchev–Trinajstić information content (AvgIpc) is 3.04. The van der Waals surface area contributed by atoms with E-state index in [0.29, 0.717) is 6.54 Å². The summed E-state index contributed by atoms with van der Waals surface area (Å²) in [6, 6.07) is 3.81. The van der Waals surface area contributed by atoms with Crippen LogP contribution in [0.5, 0.6) is 0 Å². The fraction of sp³-hybridized carbons (Fsp3) is 0.286. The predicted molar refractivity (Wildman–Crippen MR) is 79.6 cm³/mol. The largest absolute Gasteiger partial charge is 0.364 e. The van der Waals surface area contributed by atoms with Gasteiger partial charge in [-0.15, -0.1) is 10.2 Å². The van der Waals surface area contributed by atoms with Crippen LogP contribution in [0.1, 0.15) is 17.0 Å². The number of imidazole rings is 1. The summed E-state index contributed by atoms with van der Waals surface area (Å²) in [6.07, 6.45) is 3.63. The zero-order chi connectivity index (χ0) is 14.8. The molecular formula is C14H17N7. The molecule has 0 fully saturated rings. The number of H-pyrrole nitrogens is 1. The van der Waals surface area contributed by atoms with Crippen LogP contribution in [0.15, 0.2) is 24.5 Å². The summed E-state index contributed by atoms with van der Waals surface area (Å²) in [5.41, 5.74) is 3.98. The van der Waals surface area contributed by atoms with Gasteiger partial charge in [0.1, 0.15) is 11.5 Å². The summed E-state index contributed by atoms with van der Waals surface area (Å²) in [4.78, 5) is 4.25. The first kappa shape index (κ1) is 13.3. The van der Waals surface area contributed by atoms with Crippen molar-refractivity contribution in [2.75, 3.05) is 5.32 Å². The Morgan fingerprint density at radius 1 is 1.24 bits per heavy atom. The molecule has 3 heterocycles. The van der Waals surface area contributed by atoms with Crippen LogP contribution < -0.4 is 5.32 Å². The van der Waals surface area contributed by atoms with E-state index >= 15 is 0 Å². The zero-order valence-electron chi connectivity index (χ0n) is 12.3. The Labute approximate surface area is 122 Å². The van der Waals surface area contributed by atoms with Crippen LogP contribution in [0.25, 0.3) is 11.5 Å². The number of rotatable bonds is 4. The van der Waals surface area contributed by atoms with E-state index < -0.39 is 0 Å². The lowest BCUT2D eigenvalue weighted by Gasteiger charge is -2.06. The van der Waals surface area contributed by atoms with Crippen LogP contribution in [0.3, 0.4) is 0 Å². The van der Waals surface area contributed by atoms with E-state index in [9.17, 15) is 0 Å². The smallest absolute Gasteiger partial charge is 0.160 e. The highest BCUT2D eigenvalue weighted by molar-refractivity contribution is 5.51. The molecule has 0 saturated heterocycles. The molecule has 7 nitrogen and oxygen atoms in total. The molecule has 0 aliphatic rings.